The predicted molar refractivity (Wildman–Crippen MR) is 121 cm³/mol. The highest BCUT2D eigenvalue weighted by Crippen LogP contribution is 2.35. The summed E-state index contributed by atoms with van der Waals surface area (Å²) < 4.78 is 13.1. The van der Waals surface area contributed by atoms with Crippen LogP contribution in [0.3, 0.4) is 0 Å². The monoisotopic (exact) mass is 430 g/mol. The number of methoxy groups -OCH3 is 1. The Labute approximate surface area is 187 Å². The number of rotatable bonds is 5. The van der Waals surface area contributed by atoms with Crippen LogP contribution in [0.25, 0.3) is 0 Å². The van der Waals surface area contributed by atoms with Crippen LogP contribution in [0.1, 0.15) is 34.0 Å². The molecule has 0 N–H and O–H groups in total. The number of nitrogens with zero attached hydrogens (tertiary/aromatic N) is 2. The van der Waals surface area contributed by atoms with Gasteiger partial charge in [-0.25, -0.2) is 0 Å². The van der Waals surface area contributed by atoms with E-state index in [0.29, 0.717) is 49.2 Å². The predicted octanol–water partition coefficient (Wildman–Crippen LogP) is 3.70. The maximum absolute atomic E-state index is 13.2. The zero-order chi connectivity index (χ0) is 22.1. The maximum atomic E-state index is 13.2. The number of fused-ring (bicyclic) bond motifs is 4. The van der Waals surface area contributed by atoms with Crippen molar-refractivity contribution in [3.8, 4) is 11.5 Å². The topological polar surface area (TPSA) is 60.8 Å². The van der Waals surface area contributed by atoms with Gasteiger partial charge >= 0.3 is 0 Å². The number of piperidine rings is 1. The summed E-state index contributed by atoms with van der Waals surface area (Å²) in [4.78, 5) is 27.3. The van der Waals surface area contributed by atoms with Crippen LogP contribution < -0.4 is 15.0 Å². The van der Waals surface area contributed by atoms with Gasteiger partial charge in [0.2, 0.25) is 0 Å². The molecule has 2 aliphatic rings. The first-order chi connectivity index (χ1) is 15.6. The Morgan fingerprint density at radius 3 is 2.50 bits per heavy atom. The highest BCUT2D eigenvalue weighted by atomic mass is 16.5. The Morgan fingerprint density at radius 1 is 0.938 bits per heavy atom. The average molecular weight is 431 g/mol. The summed E-state index contributed by atoms with van der Waals surface area (Å²) in [6, 6.07) is 20.6. The lowest BCUT2D eigenvalue weighted by molar-refractivity contribution is 0.0594. The lowest BCUT2D eigenvalue weighted by Gasteiger charge is -2.42. The van der Waals surface area contributed by atoms with Gasteiger partial charge in [-0.1, -0.05) is 30.3 Å². The van der Waals surface area contributed by atoms with Crippen LogP contribution in [0.5, 0.6) is 11.5 Å². The fraction of sp³-hybridized carbons (Fsp3) is 0.308. The molecule has 3 aromatic rings. The second-order valence-corrected chi connectivity index (χ2v) is 8.54. The number of carbonyl (C=O) groups is 1. The first-order valence-electron chi connectivity index (χ1n) is 11.0. The van der Waals surface area contributed by atoms with Crippen LogP contribution in [0.2, 0.25) is 0 Å². The molecule has 6 heteroatoms. The number of pyridine rings is 1. The molecule has 1 aromatic heterocycles. The molecule has 0 spiro atoms. The first kappa shape index (κ1) is 20.4. The number of benzene rings is 2. The molecular weight excluding hydrogens is 404 g/mol. The molecule has 32 heavy (non-hydrogen) atoms. The molecule has 0 saturated carbocycles. The van der Waals surface area contributed by atoms with Crippen LogP contribution >= 0.6 is 0 Å². The number of hydrogen-bond donors (Lipinski definition) is 0. The molecule has 2 aliphatic heterocycles. The summed E-state index contributed by atoms with van der Waals surface area (Å²) in [5.41, 5.74) is 2.77. The van der Waals surface area contributed by atoms with Crippen molar-refractivity contribution in [2.75, 3.05) is 20.2 Å². The van der Waals surface area contributed by atoms with E-state index in [1.807, 2.05) is 70.1 Å². The number of ether oxygens (including phenoxy) is 2. The van der Waals surface area contributed by atoms with Gasteiger partial charge in [0.05, 0.1) is 7.11 Å². The molecule has 1 fully saturated rings. The minimum atomic E-state index is 0.0450. The SMILES string of the molecule is COc1ccccc1OCc1ccc(C(=O)N2CC3CC(C2)c2cccc(=O)n2C3)cc1. The molecule has 1 amide bonds. The summed E-state index contributed by atoms with van der Waals surface area (Å²) in [5.74, 6) is 1.96. The van der Waals surface area contributed by atoms with Gasteiger partial charge < -0.3 is 18.9 Å². The van der Waals surface area contributed by atoms with Crippen molar-refractivity contribution < 1.29 is 14.3 Å². The third kappa shape index (κ3) is 3.88. The second kappa shape index (κ2) is 8.54. The van der Waals surface area contributed by atoms with Crippen molar-refractivity contribution in [3.05, 3.63) is 93.9 Å². The third-order valence-corrected chi connectivity index (χ3v) is 6.43. The number of amides is 1. The summed E-state index contributed by atoms with van der Waals surface area (Å²) in [6.45, 7) is 2.43. The van der Waals surface area contributed by atoms with E-state index in [1.54, 1.807) is 13.2 Å². The standard InChI is InChI=1S/C26H26N2O4/c1-31-23-6-2-3-7-24(23)32-17-18-9-11-20(12-10-18)26(30)27-14-19-13-21(16-27)22-5-4-8-25(29)28(22)15-19/h2-12,19,21H,13-17H2,1H3. The van der Waals surface area contributed by atoms with Crippen LogP contribution in [0.15, 0.2) is 71.5 Å². The van der Waals surface area contributed by atoms with Gasteiger partial charge in [-0.2, -0.15) is 0 Å². The number of carbonyl (C=O) groups excluding carboxylic acids is 1. The third-order valence-electron chi connectivity index (χ3n) is 6.43. The summed E-state index contributed by atoms with van der Waals surface area (Å²) in [7, 11) is 1.62. The van der Waals surface area contributed by atoms with E-state index >= 15 is 0 Å². The molecule has 164 valence electrons. The molecule has 2 unspecified atom stereocenters. The Bertz CT molecular complexity index is 1180. The number of aromatic nitrogens is 1. The van der Waals surface area contributed by atoms with Crippen molar-refractivity contribution >= 4 is 5.91 Å². The largest absolute Gasteiger partial charge is 0.493 e. The van der Waals surface area contributed by atoms with Crippen LogP contribution in [-0.2, 0) is 13.2 Å². The Morgan fingerprint density at radius 2 is 1.72 bits per heavy atom. The van der Waals surface area contributed by atoms with Crippen molar-refractivity contribution in [1.82, 2.24) is 9.47 Å². The average Bonchev–Trinajstić information content (AvgIpc) is 2.83. The van der Waals surface area contributed by atoms with Crippen molar-refractivity contribution in [3.63, 3.8) is 0 Å². The summed E-state index contributed by atoms with van der Waals surface area (Å²) in [6.07, 6.45) is 1.03. The van der Waals surface area contributed by atoms with Crippen LogP contribution in [-0.4, -0.2) is 35.6 Å². The zero-order valence-electron chi connectivity index (χ0n) is 18.1. The fourth-order valence-electron chi connectivity index (χ4n) is 4.89. The Hall–Kier alpha value is -3.54. The van der Waals surface area contributed by atoms with Crippen LogP contribution in [0, 0.1) is 5.92 Å². The highest BCUT2D eigenvalue weighted by molar-refractivity contribution is 5.94. The minimum Gasteiger partial charge on any atom is -0.493 e. The van der Waals surface area contributed by atoms with E-state index in [2.05, 4.69) is 0 Å². The molecule has 1 saturated heterocycles. The molecule has 2 aromatic carbocycles. The molecule has 6 nitrogen and oxygen atoms in total. The zero-order valence-corrected chi connectivity index (χ0v) is 18.1. The molecule has 2 bridgehead atoms. The lowest BCUT2D eigenvalue weighted by Crippen LogP contribution is -2.49. The van der Waals surface area contributed by atoms with E-state index in [-0.39, 0.29) is 17.4 Å². The van der Waals surface area contributed by atoms with Gasteiger partial charge in [-0.3, -0.25) is 9.59 Å². The Balaban J connectivity index is 1.26. The van der Waals surface area contributed by atoms with Crippen molar-refractivity contribution in [2.24, 2.45) is 5.92 Å². The van der Waals surface area contributed by atoms with Crippen molar-refractivity contribution in [1.29, 1.82) is 0 Å². The highest BCUT2D eigenvalue weighted by Gasteiger charge is 2.36. The summed E-state index contributed by atoms with van der Waals surface area (Å²) >= 11 is 0. The van der Waals surface area contributed by atoms with E-state index in [1.165, 1.54) is 0 Å². The maximum Gasteiger partial charge on any atom is 0.253 e. The van der Waals surface area contributed by atoms with Gasteiger partial charge in [-0.05, 0) is 48.2 Å². The second-order valence-electron chi connectivity index (χ2n) is 8.54. The molecule has 2 atom stereocenters. The van der Waals surface area contributed by atoms with E-state index in [4.69, 9.17) is 9.47 Å². The number of hydrogen-bond acceptors (Lipinski definition) is 4. The quantitative estimate of drug-likeness (QED) is 0.619. The van der Waals surface area contributed by atoms with Crippen molar-refractivity contribution in [2.45, 2.75) is 25.5 Å². The number of para-hydroxylation sites is 2. The normalized spacial score (nSPS) is 19.2. The van der Waals surface area contributed by atoms with Gasteiger partial charge in [0.15, 0.2) is 11.5 Å². The van der Waals surface area contributed by atoms with Gasteiger partial charge in [0.1, 0.15) is 6.61 Å². The Kier molecular flexibility index (Phi) is 5.43. The molecular formula is C26H26N2O4. The lowest BCUT2D eigenvalue weighted by atomic mass is 9.83. The van der Waals surface area contributed by atoms with E-state index in [9.17, 15) is 9.59 Å². The van der Waals surface area contributed by atoms with Gasteiger partial charge in [-0.15, -0.1) is 0 Å². The molecule has 0 aliphatic carbocycles. The number of likely N-dealkylation sites (tertiary alicyclic amines) is 1. The van der Waals surface area contributed by atoms with Crippen LogP contribution in [0.4, 0.5) is 0 Å². The minimum absolute atomic E-state index is 0.0450. The smallest absolute Gasteiger partial charge is 0.253 e. The van der Waals surface area contributed by atoms with E-state index < -0.39 is 0 Å². The van der Waals surface area contributed by atoms with E-state index in [0.717, 1.165) is 17.7 Å². The first-order valence-corrected chi connectivity index (χ1v) is 11.0. The molecule has 0 radical (unpaired) electrons. The van der Waals surface area contributed by atoms with Gasteiger partial charge in [0.25, 0.3) is 11.5 Å². The van der Waals surface area contributed by atoms with Gasteiger partial charge in [0, 0.05) is 42.9 Å². The fourth-order valence-corrected chi connectivity index (χ4v) is 4.89. The summed E-state index contributed by atoms with van der Waals surface area (Å²) in [5, 5.41) is 0. The molecule has 3 heterocycles. The molecule has 5 rings (SSSR count).